The molecule has 106 valence electrons. The largest absolute Gasteiger partial charge is 0.497 e. The van der Waals surface area contributed by atoms with E-state index in [2.05, 4.69) is 5.32 Å². The third kappa shape index (κ3) is 4.65. The summed E-state index contributed by atoms with van der Waals surface area (Å²) in [5, 5.41) is 12.7. The highest BCUT2D eigenvalue weighted by molar-refractivity contribution is 7.98. The predicted octanol–water partition coefficient (Wildman–Crippen LogP) is 1.12. The normalized spacial score (nSPS) is 13.7. The molecule has 1 atom stereocenters. The van der Waals surface area contributed by atoms with E-state index in [-0.39, 0.29) is 12.5 Å². The monoisotopic (exact) mass is 284 g/mol. The lowest BCUT2D eigenvalue weighted by Crippen LogP contribution is -2.42. The number of carbonyl (C=O) groups is 1. The van der Waals surface area contributed by atoms with Crippen LogP contribution < -0.4 is 15.8 Å². The second kappa shape index (κ2) is 6.68. The van der Waals surface area contributed by atoms with Crippen LogP contribution in [0.2, 0.25) is 0 Å². The average molecular weight is 284 g/mol. The van der Waals surface area contributed by atoms with Crippen molar-refractivity contribution in [3.8, 4) is 5.75 Å². The number of ether oxygens (including phenoxy) is 1. The minimum Gasteiger partial charge on any atom is -0.497 e. The molecule has 0 spiro atoms. The Bertz CT molecular complexity index is 450. The molecule has 0 aromatic heterocycles. The van der Waals surface area contributed by atoms with Crippen molar-refractivity contribution in [3.05, 3.63) is 23.8 Å². The van der Waals surface area contributed by atoms with E-state index in [1.807, 2.05) is 6.26 Å². The number of nitrogens with one attached hydrogen (secondary N) is 1. The van der Waals surface area contributed by atoms with Gasteiger partial charge in [0, 0.05) is 18.0 Å². The molecule has 0 fully saturated rings. The molecule has 4 N–H and O–H groups in total. The fourth-order valence-corrected chi connectivity index (χ4v) is 2.31. The van der Waals surface area contributed by atoms with Gasteiger partial charge in [0.1, 0.15) is 5.75 Å². The highest BCUT2D eigenvalue weighted by atomic mass is 32.2. The standard InChI is InChI=1S/C13H20N2O3S/c1-13(17,8-19-3)7-15-12(16)10-6-9(18-2)4-5-11(10)14/h4-6,17H,7-8,14H2,1-3H3,(H,15,16). The summed E-state index contributed by atoms with van der Waals surface area (Å²) in [7, 11) is 1.52. The number of rotatable bonds is 6. The number of methoxy groups -OCH3 is 1. The average Bonchev–Trinajstić information content (AvgIpc) is 2.36. The number of thioether (sulfide) groups is 1. The second-order valence-electron chi connectivity index (χ2n) is 4.57. The predicted molar refractivity (Wildman–Crippen MR) is 78.7 cm³/mol. The Hall–Kier alpha value is -1.40. The van der Waals surface area contributed by atoms with E-state index in [9.17, 15) is 9.90 Å². The van der Waals surface area contributed by atoms with Gasteiger partial charge in [-0.05, 0) is 31.4 Å². The molecular weight excluding hydrogens is 264 g/mol. The SMILES string of the molecule is COc1ccc(N)c(C(=O)NCC(C)(O)CSC)c1. The number of carbonyl (C=O) groups excluding carboxylic acids is 1. The van der Waals surface area contributed by atoms with Crippen LogP contribution in [-0.4, -0.2) is 42.3 Å². The molecule has 1 aromatic carbocycles. The topological polar surface area (TPSA) is 84.6 Å². The Morgan fingerprint density at radius 1 is 1.58 bits per heavy atom. The first-order valence-electron chi connectivity index (χ1n) is 5.82. The number of hydrogen-bond donors (Lipinski definition) is 3. The molecule has 0 aliphatic rings. The third-order valence-corrected chi connectivity index (χ3v) is 3.50. The lowest BCUT2D eigenvalue weighted by molar-refractivity contribution is 0.0725. The highest BCUT2D eigenvalue weighted by Gasteiger charge is 2.21. The first-order valence-corrected chi connectivity index (χ1v) is 7.22. The van der Waals surface area contributed by atoms with Gasteiger partial charge in [-0.3, -0.25) is 4.79 Å². The maximum atomic E-state index is 12.0. The zero-order valence-electron chi connectivity index (χ0n) is 11.4. The Morgan fingerprint density at radius 2 is 2.26 bits per heavy atom. The summed E-state index contributed by atoms with van der Waals surface area (Å²) < 4.78 is 5.06. The van der Waals surface area contributed by atoms with Gasteiger partial charge in [-0.15, -0.1) is 0 Å². The van der Waals surface area contributed by atoms with Crippen molar-refractivity contribution in [2.24, 2.45) is 0 Å². The third-order valence-electron chi connectivity index (χ3n) is 2.59. The van der Waals surface area contributed by atoms with Crippen molar-refractivity contribution >= 4 is 23.4 Å². The van der Waals surface area contributed by atoms with Crippen LogP contribution in [0.15, 0.2) is 18.2 Å². The van der Waals surface area contributed by atoms with Crippen molar-refractivity contribution in [3.63, 3.8) is 0 Å². The van der Waals surface area contributed by atoms with Gasteiger partial charge in [0.15, 0.2) is 0 Å². The molecule has 0 aliphatic carbocycles. The maximum absolute atomic E-state index is 12.0. The fraction of sp³-hybridized carbons (Fsp3) is 0.462. The Morgan fingerprint density at radius 3 is 2.84 bits per heavy atom. The highest BCUT2D eigenvalue weighted by Crippen LogP contribution is 2.19. The summed E-state index contributed by atoms with van der Waals surface area (Å²) in [6.07, 6.45) is 1.90. The van der Waals surface area contributed by atoms with Gasteiger partial charge >= 0.3 is 0 Å². The lowest BCUT2D eigenvalue weighted by Gasteiger charge is -2.22. The molecule has 0 aliphatic heterocycles. The van der Waals surface area contributed by atoms with Gasteiger partial charge in [0.2, 0.25) is 0 Å². The van der Waals surface area contributed by atoms with Crippen molar-refractivity contribution in [1.82, 2.24) is 5.32 Å². The van der Waals surface area contributed by atoms with E-state index >= 15 is 0 Å². The quantitative estimate of drug-likeness (QED) is 0.682. The number of hydrogen-bond acceptors (Lipinski definition) is 5. The van der Waals surface area contributed by atoms with Gasteiger partial charge in [-0.2, -0.15) is 11.8 Å². The minimum atomic E-state index is -0.942. The van der Waals surface area contributed by atoms with Crippen LogP contribution in [0.5, 0.6) is 5.75 Å². The Kier molecular flexibility index (Phi) is 5.50. The van der Waals surface area contributed by atoms with Crippen LogP contribution >= 0.6 is 11.8 Å². The summed E-state index contributed by atoms with van der Waals surface area (Å²) in [4.78, 5) is 12.0. The van der Waals surface area contributed by atoms with E-state index in [0.717, 1.165) is 0 Å². The molecule has 0 saturated heterocycles. The number of nitrogen functional groups attached to an aromatic ring is 1. The van der Waals surface area contributed by atoms with E-state index in [1.165, 1.54) is 18.9 Å². The van der Waals surface area contributed by atoms with Crippen molar-refractivity contribution < 1.29 is 14.6 Å². The molecule has 1 amide bonds. The summed E-state index contributed by atoms with van der Waals surface area (Å²) in [5.41, 5.74) is 5.54. The Balaban J connectivity index is 2.73. The van der Waals surface area contributed by atoms with Gasteiger partial charge < -0.3 is 20.9 Å². The fourth-order valence-electron chi connectivity index (χ4n) is 1.59. The van der Waals surface area contributed by atoms with Crippen LogP contribution in [0.1, 0.15) is 17.3 Å². The zero-order chi connectivity index (χ0) is 14.5. The van der Waals surface area contributed by atoms with Crippen LogP contribution in [-0.2, 0) is 0 Å². The van der Waals surface area contributed by atoms with E-state index in [4.69, 9.17) is 10.5 Å². The van der Waals surface area contributed by atoms with Crippen molar-refractivity contribution in [1.29, 1.82) is 0 Å². The second-order valence-corrected chi connectivity index (χ2v) is 5.43. The molecule has 0 heterocycles. The van der Waals surface area contributed by atoms with Gasteiger partial charge in [0.05, 0.1) is 18.3 Å². The molecule has 19 heavy (non-hydrogen) atoms. The van der Waals surface area contributed by atoms with Crippen molar-refractivity contribution in [2.75, 3.05) is 31.4 Å². The van der Waals surface area contributed by atoms with Gasteiger partial charge in [-0.1, -0.05) is 0 Å². The summed E-state index contributed by atoms with van der Waals surface area (Å²) in [6.45, 7) is 1.85. The summed E-state index contributed by atoms with van der Waals surface area (Å²) >= 11 is 1.52. The first-order chi connectivity index (χ1) is 8.89. The van der Waals surface area contributed by atoms with Gasteiger partial charge in [0.25, 0.3) is 5.91 Å². The molecule has 1 aromatic rings. The number of amides is 1. The molecular formula is C13H20N2O3S. The number of anilines is 1. The molecule has 0 radical (unpaired) electrons. The van der Waals surface area contributed by atoms with Gasteiger partial charge in [-0.25, -0.2) is 0 Å². The molecule has 1 unspecified atom stereocenters. The lowest BCUT2D eigenvalue weighted by atomic mass is 10.1. The van der Waals surface area contributed by atoms with Crippen LogP contribution in [0.3, 0.4) is 0 Å². The van der Waals surface area contributed by atoms with Crippen LogP contribution in [0.25, 0.3) is 0 Å². The molecule has 5 nitrogen and oxygen atoms in total. The van der Waals surface area contributed by atoms with Crippen LogP contribution in [0, 0.1) is 0 Å². The van der Waals surface area contributed by atoms with Crippen LogP contribution in [0.4, 0.5) is 5.69 Å². The summed E-state index contributed by atoms with van der Waals surface area (Å²) in [6, 6.07) is 4.89. The Labute approximate surface area is 117 Å². The molecule has 0 bridgehead atoms. The van der Waals surface area contributed by atoms with Crippen molar-refractivity contribution in [2.45, 2.75) is 12.5 Å². The maximum Gasteiger partial charge on any atom is 0.253 e. The molecule has 1 rings (SSSR count). The first kappa shape index (κ1) is 15.7. The zero-order valence-corrected chi connectivity index (χ0v) is 12.2. The number of benzene rings is 1. The van der Waals surface area contributed by atoms with E-state index in [0.29, 0.717) is 22.8 Å². The van der Waals surface area contributed by atoms with E-state index in [1.54, 1.807) is 25.1 Å². The molecule has 0 saturated carbocycles. The molecule has 6 heteroatoms. The minimum absolute atomic E-state index is 0.170. The number of nitrogens with two attached hydrogens (primary N) is 1. The summed E-state index contributed by atoms with van der Waals surface area (Å²) in [5.74, 6) is 0.786. The number of aliphatic hydroxyl groups is 1. The smallest absolute Gasteiger partial charge is 0.253 e. The van der Waals surface area contributed by atoms with E-state index < -0.39 is 5.60 Å².